The predicted octanol–water partition coefficient (Wildman–Crippen LogP) is 3.15. The number of aromatic amines is 1. The molecule has 1 unspecified atom stereocenters. The zero-order chi connectivity index (χ0) is 28.9. The van der Waals surface area contributed by atoms with Crippen LogP contribution in [0.5, 0.6) is 0 Å². The van der Waals surface area contributed by atoms with Crippen LogP contribution in [-0.2, 0) is 16.6 Å². The van der Waals surface area contributed by atoms with Crippen molar-refractivity contribution in [2.75, 3.05) is 12.3 Å². The zero-order valence-electron chi connectivity index (χ0n) is 24.1. The number of benzene rings is 1. The summed E-state index contributed by atoms with van der Waals surface area (Å²) in [5.74, 6) is 1.99. The fraction of sp³-hybridized carbons (Fsp3) is 0.533. The van der Waals surface area contributed by atoms with Crippen LogP contribution < -0.4 is 11.1 Å². The van der Waals surface area contributed by atoms with Crippen LogP contribution in [0.1, 0.15) is 64.6 Å². The Bertz CT molecular complexity index is 1560. The third-order valence-corrected chi connectivity index (χ3v) is 8.41. The second kappa shape index (κ2) is 10.8. The minimum Gasteiger partial charge on any atom is -0.387 e. The Balaban J connectivity index is 0.973. The van der Waals surface area contributed by atoms with E-state index >= 15 is 0 Å². The number of hydrogen-bond donors (Lipinski definition) is 5. The molecule has 6 N–H and O–H groups in total. The van der Waals surface area contributed by atoms with E-state index in [1.807, 2.05) is 0 Å². The van der Waals surface area contributed by atoms with Gasteiger partial charge in [-0.15, -0.1) is 0 Å². The molecule has 11 heteroatoms. The first-order valence-electron chi connectivity index (χ1n) is 14.4. The molecule has 1 aromatic carbocycles. The molecule has 5 atom stereocenters. The largest absolute Gasteiger partial charge is 0.387 e. The molecular formula is C30H40N8O3. The van der Waals surface area contributed by atoms with Crippen molar-refractivity contribution in [3.8, 4) is 0 Å². The van der Waals surface area contributed by atoms with Gasteiger partial charge in [-0.3, -0.25) is 4.57 Å². The van der Waals surface area contributed by atoms with E-state index in [1.54, 1.807) is 4.57 Å². The van der Waals surface area contributed by atoms with Crippen molar-refractivity contribution in [1.82, 2.24) is 34.8 Å². The average molecular weight is 561 g/mol. The molecule has 2 fully saturated rings. The highest BCUT2D eigenvalue weighted by Crippen LogP contribution is 2.37. The van der Waals surface area contributed by atoms with Gasteiger partial charge in [0.15, 0.2) is 17.7 Å². The fourth-order valence-electron chi connectivity index (χ4n) is 5.91. The molecule has 0 spiro atoms. The van der Waals surface area contributed by atoms with Crippen molar-refractivity contribution < 1.29 is 14.9 Å². The summed E-state index contributed by atoms with van der Waals surface area (Å²) in [4.78, 5) is 20.7. The molecule has 4 aromatic rings. The normalized spacial score (nSPS) is 25.6. The first kappa shape index (κ1) is 27.8. The van der Waals surface area contributed by atoms with E-state index in [9.17, 15) is 10.2 Å². The van der Waals surface area contributed by atoms with Crippen molar-refractivity contribution in [3.05, 3.63) is 53.9 Å². The number of rotatable bonds is 8. The van der Waals surface area contributed by atoms with E-state index < -0.39 is 24.5 Å². The lowest BCUT2D eigenvalue weighted by Crippen LogP contribution is -2.40. The third kappa shape index (κ3) is 5.59. The Morgan fingerprint density at radius 3 is 2.78 bits per heavy atom. The van der Waals surface area contributed by atoms with E-state index in [4.69, 9.17) is 15.5 Å². The summed E-state index contributed by atoms with van der Waals surface area (Å²) in [5, 5.41) is 24.8. The lowest BCUT2D eigenvalue weighted by atomic mass is 9.76. The van der Waals surface area contributed by atoms with E-state index in [0.29, 0.717) is 23.6 Å². The number of imidazole rings is 2. The lowest BCUT2D eigenvalue weighted by Gasteiger charge is -2.30. The third-order valence-electron chi connectivity index (χ3n) is 8.41. The summed E-state index contributed by atoms with van der Waals surface area (Å²) in [7, 11) is 0. The number of anilines is 1. The van der Waals surface area contributed by atoms with Crippen LogP contribution in [0.4, 0.5) is 5.82 Å². The quantitative estimate of drug-likeness (QED) is 0.204. The van der Waals surface area contributed by atoms with E-state index in [0.717, 1.165) is 42.5 Å². The number of aromatic nitrogens is 6. The lowest BCUT2D eigenvalue weighted by molar-refractivity contribution is -0.0344. The molecule has 11 nitrogen and oxygen atoms in total. The van der Waals surface area contributed by atoms with E-state index in [2.05, 4.69) is 77.2 Å². The van der Waals surface area contributed by atoms with Crippen LogP contribution in [0.2, 0.25) is 0 Å². The molecule has 41 heavy (non-hydrogen) atoms. The fourth-order valence-corrected chi connectivity index (χ4v) is 5.91. The standard InChI is InChI=1S/C30H40N8O3/c1-16(32-13-22-25(39)26(40)29(41-22)38-15-35-24-27(31)33-14-34-28(24)38)9-18-10-17(11-18)5-8-23-36-20-7-6-19(30(2,3)4)12-21(20)37-23/h6-7,9,12,14-17,22,25-26,29,32,39-40H,5,8,10-11,13H2,1-4H3,(H,36,37)(H2,31,33,34)/t16?,17?,22-,25-,26+,29-/m1/s1. The number of nitrogens with one attached hydrogen (secondary N) is 2. The number of hydrogen-bond acceptors (Lipinski definition) is 9. The zero-order valence-corrected chi connectivity index (χ0v) is 24.1. The van der Waals surface area contributed by atoms with Crippen molar-refractivity contribution in [1.29, 1.82) is 0 Å². The molecule has 1 aliphatic carbocycles. The molecule has 6 rings (SSSR count). The molecule has 0 amide bonds. The Morgan fingerprint density at radius 2 is 2.00 bits per heavy atom. The van der Waals surface area contributed by atoms with Gasteiger partial charge < -0.3 is 31.0 Å². The first-order valence-corrected chi connectivity index (χ1v) is 14.4. The number of nitrogens with two attached hydrogens (primary N) is 1. The summed E-state index contributed by atoms with van der Waals surface area (Å²) in [5.41, 5.74) is 11.8. The average Bonchev–Trinajstić information content (AvgIpc) is 3.59. The van der Waals surface area contributed by atoms with Gasteiger partial charge in [0.25, 0.3) is 0 Å². The summed E-state index contributed by atoms with van der Waals surface area (Å²) >= 11 is 0. The molecule has 218 valence electrons. The highest BCUT2D eigenvalue weighted by Gasteiger charge is 2.44. The molecule has 1 saturated carbocycles. The van der Waals surface area contributed by atoms with Gasteiger partial charge in [0.05, 0.1) is 17.4 Å². The number of nitrogen functional groups attached to an aromatic ring is 1. The van der Waals surface area contributed by atoms with Gasteiger partial charge in [0, 0.05) is 19.0 Å². The van der Waals surface area contributed by atoms with Crippen LogP contribution >= 0.6 is 0 Å². The maximum Gasteiger partial charge on any atom is 0.167 e. The number of aliphatic hydroxyl groups excluding tert-OH is 2. The number of nitrogens with zero attached hydrogens (tertiary/aromatic N) is 5. The Kier molecular flexibility index (Phi) is 7.31. The van der Waals surface area contributed by atoms with Gasteiger partial charge in [0.2, 0.25) is 0 Å². The first-order chi connectivity index (χ1) is 19.6. The second-order valence-electron chi connectivity index (χ2n) is 12.6. The highest BCUT2D eigenvalue weighted by atomic mass is 16.6. The van der Waals surface area contributed by atoms with Crippen LogP contribution in [0.25, 0.3) is 22.2 Å². The summed E-state index contributed by atoms with van der Waals surface area (Å²) in [6.07, 6.45) is 5.82. The van der Waals surface area contributed by atoms with E-state index in [1.165, 1.54) is 23.8 Å². The van der Waals surface area contributed by atoms with Gasteiger partial charge >= 0.3 is 0 Å². The minimum absolute atomic E-state index is 0.118. The molecule has 3 aromatic heterocycles. The topological polar surface area (TPSA) is 160 Å². The highest BCUT2D eigenvalue weighted by molar-refractivity contribution is 5.81. The summed E-state index contributed by atoms with van der Waals surface area (Å²) in [6, 6.07) is 6.65. The molecule has 4 heterocycles. The summed E-state index contributed by atoms with van der Waals surface area (Å²) in [6.45, 7) is 9.18. The molecule has 0 radical (unpaired) electrons. The van der Waals surface area contributed by atoms with Gasteiger partial charge in [0.1, 0.15) is 36.0 Å². The maximum atomic E-state index is 10.7. The number of fused-ring (bicyclic) bond motifs is 2. The van der Waals surface area contributed by atoms with Crippen molar-refractivity contribution >= 4 is 28.0 Å². The van der Waals surface area contributed by atoms with Crippen molar-refractivity contribution in [2.45, 2.75) is 89.4 Å². The SMILES string of the molecule is CC(C=C1CC(CCc2nc3ccc(C(C)(C)C)cc3[nH]2)C1)NC[C@H]1O[C@@H](n2cnc3c(N)ncnc32)[C@@H](O)[C@@H]1O. The van der Waals surface area contributed by atoms with Crippen molar-refractivity contribution in [2.24, 2.45) is 5.92 Å². The molecule has 1 aliphatic heterocycles. The Labute approximate surface area is 239 Å². The number of ether oxygens (including phenoxy) is 1. The summed E-state index contributed by atoms with van der Waals surface area (Å²) < 4.78 is 7.63. The smallest absolute Gasteiger partial charge is 0.167 e. The van der Waals surface area contributed by atoms with Crippen LogP contribution in [0.3, 0.4) is 0 Å². The molecule has 0 bridgehead atoms. The maximum absolute atomic E-state index is 10.7. The molecule has 2 aliphatic rings. The van der Waals surface area contributed by atoms with Gasteiger partial charge in [-0.25, -0.2) is 19.9 Å². The second-order valence-corrected chi connectivity index (χ2v) is 12.6. The van der Waals surface area contributed by atoms with E-state index in [-0.39, 0.29) is 17.3 Å². The molecular weight excluding hydrogens is 520 g/mol. The van der Waals surface area contributed by atoms with Crippen LogP contribution in [0.15, 0.2) is 42.5 Å². The number of aliphatic hydroxyl groups is 2. The Hall–Kier alpha value is -3.38. The van der Waals surface area contributed by atoms with Crippen LogP contribution in [-0.4, -0.2) is 70.6 Å². The minimum atomic E-state index is -1.12. The van der Waals surface area contributed by atoms with Gasteiger partial charge in [-0.2, -0.15) is 0 Å². The number of allylic oxidation sites excluding steroid dienone is 1. The van der Waals surface area contributed by atoms with Crippen LogP contribution in [0, 0.1) is 5.92 Å². The predicted molar refractivity (Wildman–Crippen MR) is 157 cm³/mol. The monoisotopic (exact) mass is 560 g/mol. The van der Waals surface area contributed by atoms with Gasteiger partial charge in [-0.05, 0) is 55.2 Å². The van der Waals surface area contributed by atoms with Gasteiger partial charge in [-0.1, -0.05) is 38.5 Å². The number of H-pyrrole nitrogens is 1. The Morgan fingerprint density at radius 1 is 1.20 bits per heavy atom. The van der Waals surface area contributed by atoms with Crippen molar-refractivity contribution in [3.63, 3.8) is 0 Å². The number of aryl methyl sites for hydroxylation is 1. The molecule has 1 saturated heterocycles.